The van der Waals surface area contributed by atoms with Crippen LogP contribution in [0.3, 0.4) is 0 Å². The molecule has 82 valence electrons. The Balaban J connectivity index is 2.46. The largest absolute Gasteiger partial charge is 0.480 e. The fourth-order valence-corrected chi connectivity index (χ4v) is 1.35. The Bertz CT molecular complexity index is 288. The third-order valence-electron chi connectivity index (χ3n) is 2.24. The minimum Gasteiger partial charge on any atom is -0.480 e. The molecule has 0 aromatic rings. The Morgan fingerprint density at radius 2 is 2.40 bits per heavy atom. The standard InChI is InChI=1S/C10H13NO4/c1-2-3-8(10(13)14)11-9(12)7-4-5-15-6-7/h1,7-8H,3-6H2,(H,11,12)(H,13,14)/t7-,8-/m0/s1. The van der Waals surface area contributed by atoms with Crippen LogP contribution in [-0.2, 0) is 14.3 Å². The maximum atomic E-state index is 11.5. The van der Waals surface area contributed by atoms with Crippen molar-refractivity contribution in [2.24, 2.45) is 5.92 Å². The van der Waals surface area contributed by atoms with E-state index in [0.29, 0.717) is 19.6 Å². The number of rotatable bonds is 4. The zero-order valence-corrected chi connectivity index (χ0v) is 8.23. The minimum atomic E-state index is -1.11. The molecule has 15 heavy (non-hydrogen) atoms. The lowest BCUT2D eigenvalue weighted by Crippen LogP contribution is -2.43. The van der Waals surface area contributed by atoms with Crippen LogP contribution in [0.5, 0.6) is 0 Å². The molecule has 1 fully saturated rings. The average Bonchev–Trinajstić information content (AvgIpc) is 2.69. The molecule has 0 saturated carbocycles. The number of hydrogen-bond donors (Lipinski definition) is 2. The molecule has 5 heteroatoms. The first-order chi connectivity index (χ1) is 7.15. The van der Waals surface area contributed by atoms with E-state index in [1.54, 1.807) is 0 Å². The average molecular weight is 211 g/mol. The molecule has 5 nitrogen and oxygen atoms in total. The van der Waals surface area contributed by atoms with Crippen molar-refractivity contribution < 1.29 is 19.4 Å². The van der Waals surface area contributed by atoms with E-state index in [1.165, 1.54) is 0 Å². The van der Waals surface area contributed by atoms with Crippen molar-refractivity contribution in [3.8, 4) is 12.3 Å². The summed E-state index contributed by atoms with van der Waals surface area (Å²) in [6, 6.07) is -0.997. The molecule has 0 aliphatic carbocycles. The third kappa shape index (κ3) is 3.26. The van der Waals surface area contributed by atoms with Crippen LogP contribution in [0.1, 0.15) is 12.8 Å². The van der Waals surface area contributed by atoms with E-state index in [4.69, 9.17) is 16.3 Å². The highest BCUT2D eigenvalue weighted by Gasteiger charge is 2.27. The summed E-state index contributed by atoms with van der Waals surface area (Å²) >= 11 is 0. The van der Waals surface area contributed by atoms with Gasteiger partial charge in [0.25, 0.3) is 0 Å². The predicted molar refractivity (Wildman–Crippen MR) is 51.9 cm³/mol. The lowest BCUT2D eigenvalue weighted by molar-refractivity contribution is -0.142. The van der Waals surface area contributed by atoms with E-state index in [1.807, 2.05) is 0 Å². The van der Waals surface area contributed by atoms with Crippen molar-refractivity contribution in [1.29, 1.82) is 0 Å². The number of carbonyl (C=O) groups excluding carboxylic acids is 1. The minimum absolute atomic E-state index is 0.00531. The number of nitrogens with one attached hydrogen (secondary N) is 1. The summed E-state index contributed by atoms with van der Waals surface area (Å²) in [5.74, 6) is 0.565. The molecule has 1 heterocycles. The van der Waals surface area contributed by atoms with Gasteiger partial charge in [-0.3, -0.25) is 4.79 Å². The topological polar surface area (TPSA) is 75.6 Å². The van der Waals surface area contributed by atoms with Gasteiger partial charge in [-0.1, -0.05) is 0 Å². The Hall–Kier alpha value is -1.54. The van der Waals surface area contributed by atoms with Gasteiger partial charge in [-0.15, -0.1) is 12.3 Å². The van der Waals surface area contributed by atoms with Crippen molar-refractivity contribution in [1.82, 2.24) is 5.32 Å². The number of amides is 1. The quantitative estimate of drug-likeness (QED) is 0.621. The Morgan fingerprint density at radius 3 is 2.87 bits per heavy atom. The van der Waals surface area contributed by atoms with Crippen LogP contribution >= 0.6 is 0 Å². The second-order valence-corrected chi connectivity index (χ2v) is 3.37. The van der Waals surface area contributed by atoms with Crippen LogP contribution in [0.2, 0.25) is 0 Å². The van der Waals surface area contributed by atoms with Crippen molar-refractivity contribution >= 4 is 11.9 Å². The van der Waals surface area contributed by atoms with Crippen molar-refractivity contribution in [3.63, 3.8) is 0 Å². The molecule has 0 unspecified atom stereocenters. The van der Waals surface area contributed by atoms with Gasteiger partial charge in [-0.25, -0.2) is 4.79 Å². The van der Waals surface area contributed by atoms with Gasteiger partial charge in [0.2, 0.25) is 5.91 Å². The summed E-state index contributed by atoms with van der Waals surface area (Å²) in [6.45, 7) is 0.902. The molecule has 1 amide bonds. The number of ether oxygens (including phenoxy) is 1. The number of carboxylic acid groups (broad SMARTS) is 1. The van der Waals surface area contributed by atoms with Crippen molar-refractivity contribution in [3.05, 3.63) is 0 Å². The van der Waals surface area contributed by atoms with Crippen molar-refractivity contribution in [2.75, 3.05) is 13.2 Å². The fraction of sp³-hybridized carbons (Fsp3) is 0.600. The molecule has 1 saturated heterocycles. The van der Waals surface area contributed by atoms with Crippen LogP contribution in [0, 0.1) is 18.3 Å². The molecule has 1 aliphatic rings. The zero-order valence-electron chi connectivity index (χ0n) is 8.23. The second-order valence-electron chi connectivity index (χ2n) is 3.37. The summed E-state index contributed by atoms with van der Waals surface area (Å²) in [7, 11) is 0. The summed E-state index contributed by atoms with van der Waals surface area (Å²) in [5, 5.41) is 11.2. The first-order valence-electron chi connectivity index (χ1n) is 4.69. The first-order valence-corrected chi connectivity index (χ1v) is 4.69. The molecule has 0 spiro atoms. The van der Waals surface area contributed by atoms with Gasteiger partial charge < -0.3 is 15.2 Å². The highest BCUT2D eigenvalue weighted by atomic mass is 16.5. The maximum absolute atomic E-state index is 11.5. The Labute approximate surface area is 87.8 Å². The second kappa shape index (κ2) is 5.37. The monoisotopic (exact) mass is 211 g/mol. The molecular formula is C10H13NO4. The lowest BCUT2D eigenvalue weighted by atomic mass is 10.1. The van der Waals surface area contributed by atoms with E-state index in [0.717, 1.165) is 0 Å². The number of aliphatic carboxylic acids is 1. The molecule has 2 N–H and O–H groups in total. The van der Waals surface area contributed by atoms with Gasteiger partial charge in [0.05, 0.1) is 12.5 Å². The van der Waals surface area contributed by atoms with E-state index in [9.17, 15) is 9.59 Å². The Morgan fingerprint density at radius 1 is 1.67 bits per heavy atom. The summed E-state index contributed by atoms with van der Waals surface area (Å²) in [5.41, 5.74) is 0. The highest BCUT2D eigenvalue weighted by molar-refractivity contribution is 5.85. The maximum Gasteiger partial charge on any atom is 0.327 e. The SMILES string of the molecule is C#CC[C@H](NC(=O)[C@H]1CCOC1)C(=O)O. The van der Waals surface area contributed by atoms with E-state index < -0.39 is 12.0 Å². The molecule has 1 rings (SSSR count). The lowest BCUT2D eigenvalue weighted by Gasteiger charge is -2.14. The molecule has 0 aromatic heterocycles. The molecule has 0 aromatic carbocycles. The van der Waals surface area contributed by atoms with Gasteiger partial charge in [-0.05, 0) is 6.42 Å². The van der Waals surface area contributed by atoms with Gasteiger partial charge in [-0.2, -0.15) is 0 Å². The molecule has 1 aliphatic heterocycles. The molecule has 0 bridgehead atoms. The number of terminal acetylenes is 1. The molecule has 2 atom stereocenters. The highest BCUT2D eigenvalue weighted by Crippen LogP contribution is 2.12. The van der Waals surface area contributed by atoms with Crippen LogP contribution in [0.15, 0.2) is 0 Å². The van der Waals surface area contributed by atoms with Gasteiger partial charge in [0, 0.05) is 13.0 Å². The molecular weight excluding hydrogens is 198 g/mol. The van der Waals surface area contributed by atoms with Crippen LogP contribution in [0.4, 0.5) is 0 Å². The van der Waals surface area contributed by atoms with Crippen LogP contribution < -0.4 is 5.32 Å². The van der Waals surface area contributed by atoms with E-state index in [2.05, 4.69) is 11.2 Å². The van der Waals surface area contributed by atoms with E-state index in [-0.39, 0.29) is 18.2 Å². The normalized spacial score (nSPS) is 21.7. The number of carbonyl (C=O) groups is 2. The first kappa shape index (κ1) is 11.5. The van der Waals surface area contributed by atoms with Gasteiger partial charge in [0.15, 0.2) is 0 Å². The zero-order chi connectivity index (χ0) is 11.3. The summed E-state index contributed by atoms with van der Waals surface area (Å²) in [6.07, 6.45) is 5.63. The third-order valence-corrected chi connectivity index (χ3v) is 2.24. The predicted octanol–water partition coefficient (Wildman–Crippen LogP) is -0.384. The smallest absolute Gasteiger partial charge is 0.327 e. The fourth-order valence-electron chi connectivity index (χ4n) is 1.35. The van der Waals surface area contributed by atoms with Gasteiger partial charge in [0.1, 0.15) is 6.04 Å². The van der Waals surface area contributed by atoms with Gasteiger partial charge >= 0.3 is 5.97 Å². The number of carboxylic acids is 1. The van der Waals surface area contributed by atoms with Crippen LogP contribution in [0.25, 0.3) is 0 Å². The van der Waals surface area contributed by atoms with E-state index >= 15 is 0 Å². The summed E-state index contributed by atoms with van der Waals surface area (Å²) < 4.78 is 5.03. The Kier molecular flexibility index (Phi) is 4.13. The molecule has 0 radical (unpaired) electrons. The van der Waals surface area contributed by atoms with Crippen LogP contribution in [-0.4, -0.2) is 36.2 Å². The number of hydrogen-bond acceptors (Lipinski definition) is 3. The summed E-state index contributed by atoms with van der Waals surface area (Å²) in [4.78, 5) is 22.2. The van der Waals surface area contributed by atoms with Crippen molar-refractivity contribution in [2.45, 2.75) is 18.9 Å².